The van der Waals surface area contributed by atoms with E-state index in [9.17, 15) is 10.2 Å². The maximum Gasteiger partial charge on any atom is 0.136 e. The number of aromatic hydroxyl groups is 2. The number of H-pyrrole nitrogens is 1. The van der Waals surface area contributed by atoms with E-state index in [1.165, 1.54) is 0 Å². The normalized spacial score (nSPS) is 11.0. The van der Waals surface area contributed by atoms with Crippen molar-refractivity contribution in [3.8, 4) is 33.9 Å². The fraction of sp³-hybridized carbons (Fsp3) is 0.273. The van der Waals surface area contributed by atoms with Crippen LogP contribution in [0.2, 0.25) is 0 Å². The van der Waals surface area contributed by atoms with Crippen molar-refractivity contribution in [3.05, 3.63) is 59.8 Å². The Morgan fingerprint density at radius 1 is 0.960 bits per heavy atom. The van der Waals surface area contributed by atoms with Crippen molar-refractivity contribution in [2.45, 2.75) is 39.5 Å². The Bertz CT molecular complexity index is 851. The number of nitrogens with one attached hydrogen (secondary N) is 1. The maximum absolute atomic E-state index is 11.0. The van der Waals surface area contributed by atoms with Crippen molar-refractivity contribution in [1.29, 1.82) is 0 Å². The van der Waals surface area contributed by atoms with Crippen LogP contribution in [0.4, 0.5) is 0 Å². The fourth-order valence-electron chi connectivity index (χ4n) is 3.34. The second kappa shape index (κ2) is 7.47. The maximum atomic E-state index is 11.0. The van der Waals surface area contributed by atoms with Crippen LogP contribution >= 0.6 is 0 Å². The lowest BCUT2D eigenvalue weighted by Crippen LogP contribution is -1.95. The average molecular weight is 335 g/mol. The van der Waals surface area contributed by atoms with Gasteiger partial charge in [-0.05, 0) is 49.1 Å². The minimum absolute atomic E-state index is 0.130. The molecular weight excluding hydrogens is 310 g/mol. The number of hydrogen-bond acceptors (Lipinski definition) is 2. The van der Waals surface area contributed by atoms with Crippen LogP contribution in [0, 0.1) is 6.92 Å². The van der Waals surface area contributed by atoms with E-state index in [0.29, 0.717) is 5.56 Å². The summed E-state index contributed by atoms with van der Waals surface area (Å²) in [5, 5.41) is 21.7. The Labute approximate surface area is 149 Å². The number of hydrogen-bond donors (Lipinski definition) is 3. The lowest BCUT2D eigenvalue weighted by atomic mass is 9.91. The van der Waals surface area contributed by atoms with Crippen LogP contribution in [-0.4, -0.2) is 15.2 Å². The standard InChI is InChI=1S/C22H25NO2/c1-3-4-5-9-17-14-19(24)21(16-10-6-8-15(2)13-16)22(25)20(17)18-11-7-12-23-18/h6-8,10-14,23-25H,3-5,9H2,1-2H3. The molecule has 0 amide bonds. The van der Waals surface area contributed by atoms with Gasteiger partial charge in [-0.25, -0.2) is 0 Å². The monoisotopic (exact) mass is 335 g/mol. The Kier molecular flexibility index (Phi) is 5.13. The number of phenolic OH excluding ortho intramolecular Hbond substituents is 2. The van der Waals surface area contributed by atoms with E-state index in [4.69, 9.17) is 0 Å². The number of aromatic amines is 1. The van der Waals surface area contributed by atoms with Gasteiger partial charge in [-0.1, -0.05) is 49.6 Å². The molecule has 2 aromatic carbocycles. The predicted molar refractivity (Wildman–Crippen MR) is 103 cm³/mol. The highest BCUT2D eigenvalue weighted by atomic mass is 16.3. The van der Waals surface area contributed by atoms with Gasteiger partial charge in [0.05, 0.1) is 5.56 Å². The molecule has 0 atom stereocenters. The van der Waals surface area contributed by atoms with E-state index < -0.39 is 0 Å². The molecule has 130 valence electrons. The van der Waals surface area contributed by atoms with Crippen molar-refractivity contribution < 1.29 is 10.2 Å². The smallest absolute Gasteiger partial charge is 0.136 e. The molecule has 0 spiro atoms. The topological polar surface area (TPSA) is 56.2 Å². The highest BCUT2D eigenvalue weighted by molar-refractivity contribution is 5.87. The third kappa shape index (κ3) is 3.55. The van der Waals surface area contributed by atoms with Gasteiger partial charge < -0.3 is 15.2 Å². The Balaban J connectivity index is 2.17. The highest BCUT2D eigenvalue weighted by Crippen LogP contribution is 2.46. The molecule has 3 rings (SSSR count). The first kappa shape index (κ1) is 17.2. The summed E-state index contributed by atoms with van der Waals surface area (Å²) in [5.74, 6) is 0.268. The highest BCUT2D eigenvalue weighted by Gasteiger charge is 2.20. The summed E-state index contributed by atoms with van der Waals surface area (Å²) < 4.78 is 0. The van der Waals surface area contributed by atoms with E-state index in [1.807, 2.05) is 55.6 Å². The van der Waals surface area contributed by atoms with Crippen molar-refractivity contribution in [2.24, 2.45) is 0 Å². The van der Waals surface area contributed by atoms with Crippen molar-refractivity contribution >= 4 is 0 Å². The molecule has 0 unspecified atom stereocenters. The molecule has 0 bridgehead atoms. The number of phenols is 2. The molecule has 3 N–H and O–H groups in total. The van der Waals surface area contributed by atoms with Gasteiger partial charge in [0, 0.05) is 17.5 Å². The van der Waals surface area contributed by atoms with Crippen molar-refractivity contribution in [1.82, 2.24) is 4.98 Å². The number of benzene rings is 2. The van der Waals surface area contributed by atoms with Gasteiger partial charge in [-0.3, -0.25) is 0 Å². The summed E-state index contributed by atoms with van der Waals surface area (Å²) in [7, 11) is 0. The third-order valence-electron chi connectivity index (χ3n) is 4.59. The molecule has 25 heavy (non-hydrogen) atoms. The largest absolute Gasteiger partial charge is 0.507 e. The van der Waals surface area contributed by atoms with Gasteiger partial charge in [-0.15, -0.1) is 0 Å². The van der Waals surface area contributed by atoms with E-state index >= 15 is 0 Å². The van der Waals surface area contributed by atoms with Crippen LogP contribution in [0.1, 0.15) is 37.3 Å². The molecule has 1 heterocycles. The van der Waals surface area contributed by atoms with Gasteiger partial charge in [0.15, 0.2) is 0 Å². The molecule has 0 aliphatic rings. The molecule has 0 radical (unpaired) electrons. The summed E-state index contributed by atoms with van der Waals surface area (Å²) in [4.78, 5) is 3.19. The molecule has 0 aliphatic carbocycles. The van der Waals surface area contributed by atoms with Gasteiger partial charge >= 0.3 is 0 Å². The van der Waals surface area contributed by atoms with Gasteiger partial charge in [0.25, 0.3) is 0 Å². The first-order chi connectivity index (χ1) is 12.1. The molecule has 0 aliphatic heterocycles. The van der Waals surface area contributed by atoms with E-state index in [1.54, 1.807) is 0 Å². The van der Waals surface area contributed by atoms with Gasteiger partial charge in [-0.2, -0.15) is 0 Å². The second-order valence-electron chi connectivity index (χ2n) is 6.56. The van der Waals surface area contributed by atoms with Gasteiger partial charge in [0.1, 0.15) is 11.5 Å². The molecule has 0 saturated carbocycles. The quantitative estimate of drug-likeness (QED) is 0.499. The summed E-state index contributed by atoms with van der Waals surface area (Å²) >= 11 is 0. The molecular formula is C22H25NO2. The minimum Gasteiger partial charge on any atom is -0.507 e. The zero-order chi connectivity index (χ0) is 17.8. The lowest BCUT2D eigenvalue weighted by Gasteiger charge is -2.17. The van der Waals surface area contributed by atoms with Crippen molar-refractivity contribution in [2.75, 3.05) is 0 Å². The van der Waals surface area contributed by atoms with Crippen LogP contribution in [0.3, 0.4) is 0 Å². The minimum atomic E-state index is 0.130. The predicted octanol–water partition coefficient (Wildman–Crippen LogP) is 5.80. The van der Waals surface area contributed by atoms with Crippen LogP contribution in [-0.2, 0) is 6.42 Å². The van der Waals surface area contributed by atoms with Crippen LogP contribution in [0.5, 0.6) is 11.5 Å². The molecule has 0 saturated heterocycles. The number of rotatable bonds is 6. The molecule has 3 nitrogen and oxygen atoms in total. The van der Waals surface area contributed by atoms with E-state index in [2.05, 4.69) is 11.9 Å². The Morgan fingerprint density at radius 2 is 1.80 bits per heavy atom. The molecule has 3 heteroatoms. The first-order valence-electron chi connectivity index (χ1n) is 8.90. The number of unbranched alkanes of at least 4 members (excludes halogenated alkanes) is 2. The first-order valence-corrected chi connectivity index (χ1v) is 8.90. The summed E-state index contributed by atoms with van der Waals surface area (Å²) in [6.07, 6.45) is 5.98. The zero-order valence-electron chi connectivity index (χ0n) is 14.8. The Morgan fingerprint density at radius 3 is 2.48 bits per heavy atom. The zero-order valence-corrected chi connectivity index (χ0v) is 14.8. The van der Waals surface area contributed by atoms with Crippen LogP contribution < -0.4 is 0 Å². The summed E-state index contributed by atoms with van der Waals surface area (Å²) in [6.45, 7) is 4.17. The number of aromatic nitrogens is 1. The molecule has 3 aromatic rings. The average Bonchev–Trinajstić information content (AvgIpc) is 3.09. The molecule has 1 aromatic heterocycles. The third-order valence-corrected chi connectivity index (χ3v) is 4.59. The van der Waals surface area contributed by atoms with Crippen LogP contribution in [0.15, 0.2) is 48.7 Å². The number of aryl methyl sites for hydroxylation is 2. The van der Waals surface area contributed by atoms with E-state index in [0.717, 1.165) is 53.6 Å². The van der Waals surface area contributed by atoms with Crippen molar-refractivity contribution in [3.63, 3.8) is 0 Å². The van der Waals surface area contributed by atoms with Gasteiger partial charge in [0.2, 0.25) is 0 Å². The second-order valence-corrected chi connectivity index (χ2v) is 6.56. The van der Waals surface area contributed by atoms with E-state index in [-0.39, 0.29) is 11.5 Å². The SMILES string of the molecule is CCCCCc1cc(O)c(-c2cccc(C)c2)c(O)c1-c1ccc[nH]1. The Hall–Kier alpha value is -2.68. The van der Waals surface area contributed by atoms with Crippen LogP contribution in [0.25, 0.3) is 22.4 Å². The lowest BCUT2D eigenvalue weighted by molar-refractivity contribution is 0.454. The molecule has 0 fully saturated rings. The fourth-order valence-corrected chi connectivity index (χ4v) is 3.34. The summed E-state index contributed by atoms with van der Waals surface area (Å²) in [5.41, 5.74) is 5.04. The summed E-state index contributed by atoms with van der Waals surface area (Å²) in [6, 6.07) is 13.5.